The van der Waals surface area contributed by atoms with Crippen molar-refractivity contribution in [2.75, 3.05) is 0 Å². The Balaban J connectivity index is 3.33. The molecule has 23 heavy (non-hydrogen) atoms. The van der Waals surface area contributed by atoms with Crippen LogP contribution in [-0.4, -0.2) is 33.0 Å². The highest BCUT2D eigenvalue weighted by atomic mass is 28.4. The molecule has 1 aliphatic heterocycles. The van der Waals surface area contributed by atoms with Gasteiger partial charge >= 0.3 is 0 Å². The molecule has 1 unspecified atom stereocenters. The number of amides is 1. The van der Waals surface area contributed by atoms with Crippen molar-refractivity contribution in [2.45, 2.75) is 78.2 Å². The second kappa shape index (κ2) is 7.10. The summed E-state index contributed by atoms with van der Waals surface area (Å²) in [6, 6.07) is 0.192. The molecule has 0 aromatic rings. The maximum absolute atomic E-state index is 12.8. The molecule has 132 valence electrons. The number of carbonyl (C=O) groups is 1. The molecule has 1 atom stereocenters. The van der Waals surface area contributed by atoms with Gasteiger partial charge in [0.25, 0.3) is 0 Å². The van der Waals surface area contributed by atoms with E-state index in [1.165, 1.54) is 5.57 Å². The van der Waals surface area contributed by atoms with E-state index in [-0.39, 0.29) is 17.9 Å². The van der Waals surface area contributed by atoms with Gasteiger partial charge in [-0.1, -0.05) is 79.1 Å². The van der Waals surface area contributed by atoms with Crippen LogP contribution < -0.4 is 0 Å². The van der Waals surface area contributed by atoms with Crippen LogP contribution in [0.15, 0.2) is 23.9 Å². The van der Waals surface area contributed by atoms with E-state index in [0.717, 1.165) is 0 Å². The van der Waals surface area contributed by atoms with Gasteiger partial charge in [0.2, 0.25) is 5.91 Å². The van der Waals surface area contributed by atoms with Crippen LogP contribution >= 0.6 is 0 Å². The number of allylic oxidation sites excluding steroid dienone is 2. The summed E-state index contributed by atoms with van der Waals surface area (Å²) in [5, 5.41) is 0.668. The van der Waals surface area contributed by atoms with Crippen LogP contribution in [0.4, 0.5) is 0 Å². The van der Waals surface area contributed by atoms with E-state index in [0.29, 0.717) is 11.1 Å². The molecular formula is C19H37NOSi2. The Bertz CT molecular complexity index is 478. The van der Waals surface area contributed by atoms with Crippen molar-refractivity contribution in [3.05, 3.63) is 23.9 Å². The maximum atomic E-state index is 12.8. The maximum Gasteiger partial charge on any atom is 0.229 e. The summed E-state index contributed by atoms with van der Waals surface area (Å²) in [5.74, 6) is 0.719. The molecule has 1 heterocycles. The minimum atomic E-state index is -1.35. The summed E-state index contributed by atoms with van der Waals surface area (Å²) in [5.41, 5.74) is 1.40. The van der Waals surface area contributed by atoms with E-state index in [2.05, 4.69) is 71.5 Å². The quantitative estimate of drug-likeness (QED) is 0.596. The molecule has 2 nitrogen and oxygen atoms in total. The van der Waals surface area contributed by atoms with Gasteiger partial charge in [-0.3, -0.25) is 4.79 Å². The van der Waals surface area contributed by atoms with Crippen molar-refractivity contribution >= 4 is 22.1 Å². The Morgan fingerprint density at radius 1 is 1.00 bits per heavy atom. The fourth-order valence-electron chi connectivity index (χ4n) is 4.11. The number of carbonyl (C=O) groups excluding carboxylic acids is 1. The molecule has 0 saturated carbocycles. The predicted molar refractivity (Wildman–Crippen MR) is 108 cm³/mol. The van der Waals surface area contributed by atoms with Crippen LogP contribution in [0.3, 0.4) is 0 Å². The lowest BCUT2D eigenvalue weighted by Gasteiger charge is -2.42. The molecule has 0 bridgehead atoms. The van der Waals surface area contributed by atoms with Gasteiger partial charge in [0.15, 0.2) is 0 Å². The Labute approximate surface area is 146 Å². The first kappa shape index (κ1) is 20.4. The average molecular weight is 352 g/mol. The van der Waals surface area contributed by atoms with Crippen LogP contribution in [0.5, 0.6) is 0 Å². The van der Waals surface area contributed by atoms with E-state index in [4.69, 9.17) is 0 Å². The van der Waals surface area contributed by atoms with Gasteiger partial charge in [0, 0.05) is 28.3 Å². The second-order valence-electron chi connectivity index (χ2n) is 9.79. The molecule has 1 amide bonds. The standard InChI is InChI=1S/C19H37NOSi2/c1-14(2)17-12-11-16(13-20(17)18(21)15(3)4)19(22(5,6)7)23(8,9)10/h11-15,17,19H,1-10H3. The van der Waals surface area contributed by atoms with Crippen LogP contribution in [0.2, 0.25) is 44.4 Å². The summed E-state index contributed by atoms with van der Waals surface area (Å²) >= 11 is 0. The van der Waals surface area contributed by atoms with Crippen molar-refractivity contribution in [3.8, 4) is 0 Å². The molecule has 0 fully saturated rings. The molecular weight excluding hydrogens is 314 g/mol. The SMILES string of the molecule is CC(C)C(=O)N1C=C(C([Si](C)(C)C)[Si](C)(C)C)C=CC1C(C)C. The third kappa shape index (κ3) is 4.93. The Morgan fingerprint density at radius 3 is 1.83 bits per heavy atom. The first-order valence-corrected chi connectivity index (χ1v) is 16.1. The minimum absolute atomic E-state index is 0.0393. The topological polar surface area (TPSA) is 20.3 Å². The smallest absolute Gasteiger partial charge is 0.229 e. The number of nitrogens with zero attached hydrogens (tertiary/aromatic N) is 1. The van der Waals surface area contributed by atoms with E-state index in [9.17, 15) is 4.79 Å². The number of hydrogen-bond acceptors (Lipinski definition) is 1. The van der Waals surface area contributed by atoms with E-state index < -0.39 is 16.1 Å². The van der Waals surface area contributed by atoms with Crippen molar-refractivity contribution < 1.29 is 4.79 Å². The molecule has 0 saturated heterocycles. The van der Waals surface area contributed by atoms with Gasteiger partial charge in [0.1, 0.15) is 0 Å². The van der Waals surface area contributed by atoms with Gasteiger partial charge in [-0.05, 0) is 16.7 Å². The fourth-order valence-corrected chi connectivity index (χ4v) is 16.8. The summed E-state index contributed by atoms with van der Waals surface area (Å²) in [6.45, 7) is 23.2. The van der Waals surface area contributed by atoms with Crippen molar-refractivity contribution in [1.29, 1.82) is 0 Å². The summed E-state index contributed by atoms with van der Waals surface area (Å²) < 4.78 is 0. The normalized spacial score (nSPS) is 19.8. The Kier molecular flexibility index (Phi) is 6.30. The second-order valence-corrected chi connectivity index (χ2v) is 21.0. The first-order chi connectivity index (χ1) is 10.3. The highest BCUT2D eigenvalue weighted by Crippen LogP contribution is 2.41. The zero-order valence-electron chi connectivity index (χ0n) is 16.9. The largest absolute Gasteiger partial charge is 0.311 e. The zero-order chi connectivity index (χ0) is 18.2. The molecule has 1 rings (SSSR count). The molecule has 1 aliphatic rings. The summed E-state index contributed by atoms with van der Waals surface area (Å²) in [7, 11) is -2.69. The van der Waals surface area contributed by atoms with E-state index in [1.54, 1.807) is 0 Å². The predicted octanol–water partition coefficient (Wildman–Crippen LogP) is 5.54. The fraction of sp³-hybridized carbons (Fsp3) is 0.737. The molecule has 0 aliphatic carbocycles. The van der Waals surface area contributed by atoms with E-state index in [1.807, 2.05) is 18.7 Å². The molecule has 0 aromatic heterocycles. The summed E-state index contributed by atoms with van der Waals surface area (Å²) in [4.78, 5) is 14.8. The van der Waals surface area contributed by atoms with Gasteiger partial charge in [0.05, 0.1) is 6.04 Å². The minimum Gasteiger partial charge on any atom is -0.311 e. The highest BCUT2D eigenvalue weighted by molar-refractivity contribution is 6.97. The Morgan fingerprint density at radius 2 is 1.48 bits per heavy atom. The van der Waals surface area contributed by atoms with Gasteiger partial charge in [-0.25, -0.2) is 0 Å². The molecule has 0 N–H and O–H groups in total. The first-order valence-electron chi connectivity index (χ1n) is 8.99. The van der Waals surface area contributed by atoms with E-state index >= 15 is 0 Å². The average Bonchev–Trinajstić information content (AvgIpc) is 2.33. The monoisotopic (exact) mass is 351 g/mol. The van der Waals surface area contributed by atoms with Crippen LogP contribution in [0.1, 0.15) is 27.7 Å². The number of rotatable bonds is 5. The van der Waals surface area contributed by atoms with Crippen LogP contribution in [0.25, 0.3) is 0 Å². The lowest BCUT2D eigenvalue weighted by molar-refractivity contribution is -0.133. The van der Waals surface area contributed by atoms with Crippen molar-refractivity contribution in [2.24, 2.45) is 11.8 Å². The molecule has 0 radical (unpaired) electrons. The highest BCUT2D eigenvalue weighted by Gasteiger charge is 2.41. The lowest BCUT2D eigenvalue weighted by atomic mass is 9.97. The van der Waals surface area contributed by atoms with Crippen molar-refractivity contribution in [1.82, 2.24) is 4.90 Å². The Hall–Kier alpha value is -0.616. The number of hydrogen-bond donors (Lipinski definition) is 0. The molecule has 4 heteroatoms. The molecule has 0 spiro atoms. The third-order valence-corrected chi connectivity index (χ3v) is 13.9. The molecule has 0 aromatic carbocycles. The van der Waals surface area contributed by atoms with Crippen LogP contribution in [0, 0.1) is 11.8 Å². The van der Waals surface area contributed by atoms with Crippen LogP contribution in [-0.2, 0) is 4.79 Å². The summed E-state index contributed by atoms with van der Waals surface area (Å²) in [6.07, 6.45) is 6.80. The van der Waals surface area contributed by atoms with Crippen molar-refractivity contribution in [3.63, 3.8) is 0 Å². The third-order valence-electron chi connectivity index (χ3n) is 4.59. The van der Waals surface area contributed by atoms with Gasteiger partial charge in [-0.2, -0.15) is 0 Å². The van der Waals surface area contributed by atoms with Gasteiger partial charge < -0.3 is 4.90 Å². The lowest BCUT2D eigenvalue weighted by Crippen LogP contribution is -2.47. The zero-order valence-corrected chi connectivity index (χ0v) is 18.9. The van der Waals surface area contributed by atoms with Gasteiger partial charge in [-0.15, -0.1) is 0 Å².